The maximum Gasteiger partial charge on any atom is 0.333 e. The largest absolute Gasteiger partial charge is 0.496 e. The SMILES string of the molecule is COC[C@H]1C[C@@](Cc2cscn2)(C(=O)OC(C)(C)C)N(C(=O)c2ccc(C(C)(C)C)c(OC)c2)[C@H]1c1ncc(C)s1. The maximum atomic E-state index is 14.8. The first-order chi connectivity index (χ1) is 19.2. The zero-order valence-electron chi connectivity index (χ0n) is 25.4. The molecular weight excluding hydrogens is 558 g/mol. The van der Waals surface area contributed by atoms with Gasteiger partial charge in [0.2, 0.25) is 0 Å². The van der Waals surface area contributed by atoms with Crippen LogP contribution < -0.4 is 4.74 Å². The predicted molar refractivity (Wildman–Crippen MR) is 162 cm³/mol. The molecule has 0 N–H and O–H groups in total. The summed E-state index contributed by atoms with van der Waals surface area (Å²) in [7, 11) is 3.25. The van der Waals surface area contributed by atoms with Gasteiger partial charge in [-0.05, 0) is 57.2 Å². The molecule has 41 heavy (non-hydrogen) atoms. The molecule has 222 valence electrons. The van der Waals surface area contributed by atoms with Crippen LogP contribution in [0.25, 0.3) is 0 Å². The van der Waals surface area contributed by atoms with Crippen molar-refractivity contribution >= 4 is 34.6 Å². The number of ether oxygens (including phenoxy) is 3. The van der Waals surface area contributed by atoms with Crippen molar-refractivity contribution < 1.29 is 23.8 Å². The first kappa shape index (κ1) is 31.1. The van der Waals surface area contributed by atoms with Crippen molar-refractivity contribution in [2.45, 2.75) is 83.9 Å². The first-order valence-electron chi connectivity index (χ1n) is 13.7. The lowest BCUT2D eigenvalue weighted by molar-refractivity contribution is -0.167. The van der Waals surface area contributed by atoms with E-state index in [1.54, 1.807) is 30.7 Å². The fourth-order valence-corrected chi connectivity index (χ4v) is 7.14. The number of carbonyl (C=O) groups is 2. The number of benzene rings is 1. The number of amides is 1. The summed E-state index contributed by atoms with van der Waals surface area (Å²) in [5.74, 6) is -0.320. The number of carbonyl (C=O) groups excluding carboxylic acids is 2. The third kappa shape index (κ3) is 6.49. The Morgan fingerprint density at radius 3 is 2.39 bits per heavy atom. The van der Waals surface area contributed by atoms with Crippen LogP contribution in [0.1, 0.15) is 85.5 Å². The van der Waals surface area contributed by atoms with E-state index in [1.165, 1.54) is 22.7 Å². The lowest BCUT2D eigenvalue weighted by Crippen LogP contribution is -2.57. The minimum Gasteiger partial charge on any atom is -0.496 e. The number of aryl methyl sites for hydroxylation is 1. The Bertz CT molecular complexity index is 1370. The van der Waals surface area contributed by atoms with E-state index < -0.39 is 23.2 Å². The van der Waals surface area contributed by atoms with Crippen molar-refractivity contribution in [1.29, 1.82) is 0 Å². The standard InChI is InChI=1S/C31H41N3O5S2/c1-19-15-32-26(41-19)25-21(16-37-8)13-31(14-22-17-40-18-33-22,28(36)39-30(5,6)7)34(25)27(35)20-10-11-23(29(2,3)4)24(12-20)38-9/h10-12,15,17-18,21,25H,13-14,16H2,1-9H3/t21-,25-,31-/m1/s1. The van der Waals surface area contributed by atoms with Crippen molar-refractivity contribution in [3.63, 3.8) is 0 Å². The van der Waals surface area contributed by atoms with E-state index in [-0.39, 0.29) is 23.7 Å². The molecule has 0 spiro atoms. The fraction of sp³-hybridized carbons (Fsp3) is 0.548. The number of aromatic nitrogens is 2. The highest BCUT2D eigenvalue weighted by Crippen LogP contribution is 2.51. The van der Waals surface area contributed by atoms with Crippen LogP contribution >= 0.6 is 22.7 Å². The van der Waals surface area contributed by atoms with Crippen molar-refractivity contribution in [2.24, 2.45) is 5.92 Å². The minimum atomic E-state index is -1.33. The molecule has 1 fully saturated rings. The molecule has 1 amide bonds. The summed E-state index contributed by atoms with van der Waals surface area (Å²) < 4.78 is 17.5. The molecule has 3 heterocycles. The van der Waals surface area contributed by atoms with Gasteiger partial charge in [0.15, 0.2) is 0 Å². The van der Waals surface area contributed by atoms with Gasteiger partial charge in [0.25, 0.3) is 5.91 Å². The van der Waals surface area contributed by atoms with Crippen molar-refractivity contribution in [3.05, 3.63) is 62.0 Å². The predicted octanol–water partition coefficient (Wildman–Crippen LogP) is 6.39. The Morgan fingerprint density at radius 2 is 1.85 bits per heavy atom. The molecule has 8 nitrogen and oxygen atoms in total. The van der Waals surface area contributed by atoms with E-state index in [0.29, 0.717) is 24.3 Å². The highest BCUT2D eigenvalue weighted by molar-refractivity contribution is 7.11. The lowest BCUT2D eigenvalue weighted by Gasteiger charge is -2.40. The molecule has 1 saturated heterocycles. The second-order valence-electron chi connectivity index (χ2n) is 12.7. The fourth-order valence-electron chi connectivity index (χ4n) is 5.62. The highest BCUT2D eigenvalue weighted by Gasteiger charge is 2.61. The topological polar surface area (TPSA) is 90.9 Å². The molecule has 1 aromatic carbocycles. The lowest BCUT2D eigenvalue weighted by atomic mass is 9.85. The van der Waals surface area contributed by atoms with Crippen molar-refractivity contribution in [1.82, 2.24) is 14.9 Å². The second-order valence-corrected chi connectivity index (χ2v) is 14.7. The molecule has 0 unspecified atom stereocenters. The molecule has 3 aromatic rings. The Morgan fingerprint density at radius 1 is 1.12 bits per heavy atom. The molecule has 0 aliphatic carbocycles. The van der Waals surface area contributed by atoms with Gasteiger partial charge in [0.1, 0.15) is 21.9 Å². The van der Waals surface area contributed by atoms with Crippen molar-refractivity contribution in [3.8, 4) is 5.75 Å². The zero-order chi connectivity index (χ0) is 30.2. The second kappa shape index (κ2) is 11.8. The summed E-state index contributed by atoms with van der Waals surface area (Å²) in [5.41, 5.74) is 1.61. The summed E-state index contributed by atoms with van der Waals surface area (Å²) in [6.45, 7) is 14.2. The summed E-state index contributed by atoms with van der Waals surface area (Å²) in [5, 5.41) is 2.68. The van der Waals surface area contributed by atoms with Gasteiger partial charge in [-0.1, -0.05) is 26.8 Å². The van der Waals surface area contributed by atoms with E-state index in [9.17, 15) is 9.59 Å². The molecule has 3 atom stereocenters. The van der Waals surface area contributed by atoms with E-state index in [2.05, 4.69) is 25.8 Å². The molecule has 0 saturated carbocycles. The number of methoxy groups -OCH3 is 2. The van der Waals surface area contributed by atoms with Gasteiger partial charge in [0.05, 0.1) is 31.0 Å². The van der Waals surface area contributed by atoms with E-state index in [0.717, 1.165) is 21.1 Å². The van der Waals surface area contributed by atoms with Crippen LogP contribution in [0, 0.1) is 12.8 Å². The minimum absolute atomic E-state index is 0.185. The van der Waals surface area contributed by atoms with Crippen LogP contribution in [0.5, 0.6) is 5.75 Å². The average molecular weight is 600 g/mol. The quantitative estimate of drug-likeness (QED) is 0.277. The number of rotatable bonds is 8. The number of esters is 1. The van der Waals surface area contributed by atoms with Crippen LogP contribution in [-0.2, 0) is 26.1 Å². The van der Waals surface area contributed by atoms with Gasteiger partial charge in [-0.3, -0.25) is 4.79 Å². The average Bonchev–Trinajstić information content (AvgIpc) is 3.62. The molecule has 1 aliphatic heterocycles. The molecule has 2 aromatic heterocycles. The van der Waals surface area contributed by atoms with E-state index in [1.807, 2.05) is 51.4 Å². The van der Waals surface area contributed by atoms with Gasteiger partial charge < -0.3 is 19.1 Å². The Kier molecular flexibility index (Phi) is 8.97. The van der Waals surface area contributed by atoms with Gasteiger partial charge >= 0.3 is 5.97 Å². The summed E-state index contributed by atoms with van der Waals surface area (Å²) in [6.07, 6.45) is 2.37. The third-order valence-corrected chi connectivity index (χ3v) is 8.89. The van der Waals surface area contributed by atoms with Crippen LogP contribution in [0.15, 0.2) is 35.3 Å². The molecule has 0 radical (unpaired) electrons. The van der Waals surface area contributed by atoms with E-state index >= 15 is 0 Å². The Hall–Kier alpha value is -2.82. The molecule has 10 heteroatoms. The number of thiazole rings is 2. The highest BCUT2D eigenvalue weighted by atomic mass is 32.1. The molecule has 4 rings (SSSR count). The van der Waals surface area contributed by atoms with Crippen LogP contribution in [0.2, 0.25) is 0 Å². The smallest absolute Gasteiger partial charge is 0.333 e. The van der Waals surface area contributed by atoms with Crippen LogP contribution in [0.4, 0.5) is 0 Å². The van der Waals surface area contributed by atoms with Crippen molar-refractivity contribution in [2.75, 3.05) is 20.8 Å². The zero-order valence-corrected chi connectivity index (χ0v) is 27.1. The molecule has 1 aliphatic rings. The maximum absolute atomic E-state index is 14.8. The summed E-state index contributed by atoms with van der Waals surface area (Å²) >= 11 is 2.98. The Balaban J connectivity index is 1.95. The van der Waals surface area contributed by atoms with Gasteiger partial charge in [-0.25, -0.2) is 14.8 Å². The van der Waals surface area contributed by atoms with Gasteiger partial charge in [-0.15, -0.1) is 22.7 Å². The van der Waals surface area contributed by atoms with Crippen LogP contribution in [0.3, 0.4) is 0 Å². The van der Waals surface area contributed by atoms with Gasteiger partial charge in [-0.2, -0.15) is 0 Å². The monoisotopic (exact) mass is 599 g/mol. The first-order valence-corrected chi connectivity index (χ1v) is 15.5. The molecule has 0 bridgehead atoms. The number of nitrogens with zero attached hydrogens (tertiary/aromatic N) is 3. The van der Waals surface area contributed by atoms with Crippen LogP contribution in [-0.4, -0.2) is 58.7 Å². The number of hydrogen-bond donors (Lipinski definition) is 0. The van der Waals surface area contributed by atoms with Gasteiger partial charge in [0, 0.05) is 41.5 Å². The summed E-state index contributed by atoms with van der Waals surface area (Å²) in [4.78, 5) is 41.2. The number of hydrogen-bond acceptors (Lipinski definition) is 9. The Labute approximate surface area is 251 Å². The summed E-state index contributed by atoms with van der Waals surface area (Å²) in [6, 6.07) is 5.04. The van der Waals surface area contributed by atoms with E-state index in [4.69, 9.17) is 19.2 Å². The normalized spacial score (nSPS) is 21.2. The third-order valence-electron chi connectivity index (χ3n) is 7.27. The number of likely N-dealkylation sites (tertiary alicyclic amines) is 1. The molecular formula is C31H41N3O5S2.